The molecule has 1 aromatic rings. The lowest BCUT2D eigenvalue weighted by Crippen LogP contribution is -2.42. The van der Waals surface area contributed by atoms with E-state index >= 15 is 0 Å². The molecule has 5 heteroatoms. The van der Waals surface area contributed by atoms with Crippen LogP contribution in [-0.4, -0.2) is 37.8 Å². The molecule has 1 saturated carbocycles. The van der Waals surface area contributed by atoms with Crippen molar-refractivity contribution in [2.45, 2.75) is 37.8 Å². The highest BCUT2D eigenvalue weighted by atomic mass is 16.3. The first kappa shape index (κ1) is 15.6. The molecule has 1 fully saturated rings. The molecular formula is C16H25N3O2. The van der Waals surface area contributed by atoms with Crippen molar-refractivity contribution in [3.8, 4) is 0 Å². The smallest absolute Gasteiger partial charge is 0.315 e. The van der Waals surface area contributed by atoms with Crippen LogP contribution in [0.3, 0.4) is 0 Å². The highest BCUT2D eigenvalue weighted by molar-refractivity contribution is 5.74. The molecule has 5 nitrogen and oxygen atoms in total. The number of urea groups is 1. The molecule has 1 atom stereocenters. The fourth-order valence-electron chi connectivity index (χ4n) is 2.61. The van der Waals surface area contributed by atoms with Crippen LogP contribution < -0.4 is 15.5 Å². The molecule has 0 spiro atoms. The van der Waals surface area contributed by atoms with E-state index in [1.807, 2.05) is 43.3 Å². The first-order valence-corrected chi connectivity index (χ1v) is 7.56. The van der Waals surface area contributed by atoms with Crippen molar-refractivity contribution >= 4 is 11.7 Å². The molecule has 0 unspecified atom stereocenters. The fourth-order valence-corrected chi connectivity index (χ4v) is 2.61. The van der Waals surface area contributed by atoms with Gasteiger partial charge in [-0.15, -0.1) is 0 Å². The largest absolute Gasteiger partial charge is 0.387 e. The molecule has 0 bridgehead atoms. The van der Waals surface area contributed by atoms with E-state index in [1.165, 1.54) is 12.8 Å². The van der Waals surface area contributed by atoms with Crippen LogP contribution in [0.5, 0.6) is 0 Å². The number of nitrogens with zero attached hydrogens (tertiary/aromatic N) is 1. The Morgan fingerprint density at radius 2 is 1.90 bits per heavy atom. The Balaban J connectivity index is 1.77. The van der Waals surface area contributed by atoms with Gasteiger partial charge in [-0.05, 0) is 30.5 Å². The summed E-state index contributed by atoms with van der Waals surface area (Å²) in [5, 5.41) is 15.8. The van der Waals surface area contributed by atoms with Gasteiger partial charge in [0.2, 0.25) is 0 Å². The second-order valence-corrected chi connectivity index (χ2v) is 5.84. The van der Waals surface area contributed by atoms with Gasteiger partial charge in [0.05, 0.1) is 6.10 Å². The third-order valence-electron chi connectivity index (χ3n) is 3.94. The number of anilines is 1. The minimum atomic E-state index is -0.685. The SMILES string of the molecule is CN(C)c1ccc([C@@H](O)CNC(=O)NC2CCCC2)cc1. The quantitative estimate of drug-likeness (QED) is 0.778. The molecule has 1 aliphatic carbocycles. The number of amides is 2. The Hall–Kier alpha value is -1.75. The summed E-state index contributed by atoms with van der Waals surface area (Å²) in [6.07, 6.45) is 3.80. The molecule has 1 aromatic carbocycles. The van der Waals surface area contributed by atoms with Gasteiger partial charge in [0.1, 0.15) is 0 Å². The number of rotatable bonds is 5. The first-order valence-electron chi connectivity index (χ1n) is 7.56. The lowest BCUT2D eigenvalue weighted by molar-refractivity contribution is 0.172. The van der Waals surface area contributed by atoms with Crippen LogP contribution in [0.25, 0.3) is 0 Å². The first-order chi connectivity index (χ1) is 10.1. The molecule has 0 radical (unpaired) electrons. The van der Waals surface area contributed by atoms with Gasteiger partial charge in [0.15, 0.2) is 0 Å². The molecule has 1 aliphatic rings. The maximum atomic E-state index is 11.7. The van der Waals surface area contributed by atoms with Crippen molar-refractivity contribution < 1.29 is 9.90 Å². The zero-order chi connectivity index (χ0) is 15.2. The molecule has 21 heavy (non-hydrogen) atoms. The van der Waals surface area contributed by atoms with Crippen molar-refractivity contribution in [3.63, 3.8) is 0 Å². The molecule has 2 amide bonds. The maximum Gasteiger partial charge on any atom is 0.315 e. The third kappa shape index (κ3) is 4.63. The average molecular weight is 291 g/mol. The molecular weight excluding hydrogens is 266 g/mol. The summed E-state index contributed by atoms with van der Waals surface area (Å²) in [6, 6.07) is 7.79. The predicted octanol–water partition coefficient (Wildman–Crippen LogP) is 2.03. The van der Waals surface area contributed by atoms with E-state index in [0.29, 0.717) is 6.04 Å². The number of hydrogen-bond donors (Lipinski definition) is 3. The summed E-state index contributed by atoms with van der Waals surface area (Å²) < 4.78 is 0. The Morgan fingerprint density at radius 1 is 1.29 bits per heavy atom. The van der Waals surface area contributed by atoms with E-state index in [0.717, 1.165) is 24.1 Å². The molecule has 0 saturated heterocycles. The van der Waals surface area contributed by atoms with Gasteiger partial charge in [-0.1, -0.05) is 25.0 Å². The van der Waals surface area contributed by atoms with Gasteiger partial charge in [-0.3, -0.25) is 0 Å². The monoisotopic (exact) mass is 291 g/mol. The van der Waals surface area contributed by atoms with Gasteiger partial charge < -0.3 is 20.6 Å². The van der Waals surface area contributed by atoms with Gasteiger partial charge in [-0.25, -0.2) is 4.79 Å². The molecule has 2 rings (SSSR count). The topological polar surface area (TPSA) is 64.6 Å². The van der Waals surface area contributed by atoms with Gasteiger partial charge in [-0.2, -0.15) is 0 Å². The van der Waals surface area contributed by atoms with E-state index in [4.69, 9.17) is 0 Å². The van der Waals surface area contributed by atoms with Gasteiger partial charge in [0, 0.05) is 32.4 Å². The number of aliphatic hydroxyl groups is 1. The predicted molar refractivity (Wildman–Crippen MR) is 84.5 cm³/mol. The Kier molecular flexibility index (Phi) is 5.44. The van der Waals surface area contributed by atoms with Crippen LogP contribution >= 0.6 is 0 Å². The number of carbonyl (C=O) groups excluding carboxylic acids is 1. The second kappa shape index (κ2) is 7.31. The summed E-state index contributed by atoms with van der Waals surface area (Å²) in [4.78, 5) is 13.7. The van der Waals surface area contributed by atoms with Crippen LogP contribution in [-0.2, 0) is 0 Å². The second-order valence-electron chi connectivity index (χ2n) is 5.84. The van der Waals surface area contributed by atoms with Crippen molar-refractivity contribution in [1.82, 2.24) is 10.6 Å². The molecule has 116 valence electrons. The number of carbonyl (C=O) groups is 1. The maximum absolute atomic E-state index is 11.7. The zero-order valence-electron chi connectivity index (χ0n) is 12.8. The minimum absolute atomic E-state index is 0.189. The van der Waals surface area contributed by atoms with Crippen LogP contribution in [0.4, 0.5) is 10.5 Å². The lowest BCUT2D eigenvalue weighted by Gasteiger charge is -2.17. The summed E-state index contributed by atoms with van der Waals surface area (Å²) in [5.41, 5.74) is 1.89. The summed E-state index contributed by atoms with van der Waals surface area (Å²) in [5.74, 6) is 0. The van der Waals surface area contributed by atoms with E-state index in [2.05, 4.69) is 10.6 Å². The fraction of sp³-hybridized carbons (Fsp3) is 0.562. The van der Waals surface area contributed by atoms with Crippen molar-refractivity contribution in [1.29, 1.82) is 0 Å². The normalized spacial score (nSPS) is 16.5. The van der Waals surface area contributed by atoms with Gasteiger partial charge in [0.25, 0.3) is 0 Å². The van der Waals surface area contributed by atoms with E-state index in [-0.39, 0.29) is 12.6 Å². The number of nitrogens with one attached hydrogen (secondary N) is 2. The van der Waals surface area contributed by atoms with Crippen LogP contribution in [0.15, 0.2) is 24.3 Å². The van der Waals surface area contributed by atoms with E-state index in [9.17, 15) is 9.90 Å². The van der Waals surface area contributed by atoms with Crippen molar-refractivity contribution in [3.05, 3.63) is 29.8 Å². The van der Waals surface area contributed by atoms with Crippen LogP contribution in [0.2, 0.25) is 0 Å². The van der Waals surface area contributed by atoms with Crippen molar-refractivity contribution in [2.24, 2.45) is 0 Å². The standard InChI is InChI=1S/C16H25N3O2/c1-19(2)14-9-7-12(8-10-14)15(20)11-17-16(21)18-13-5-3-4-6-13/h7-10,13,15,20H,3-6,11H2,1-2H3,(H2,17,18,21)/t15-/m0/s1. The minimum Gasteiger partial charge on any atom is -0.387 e. The molecule has 0 aliphatic heterocycles. The van der Waals surface area contributed by atoms with E-state index < -0.39 is 6.10 Å². The molecule has 0 heterocycles. The average Bonchev–Trinajstić information content (AvgIpc) is 2.97. The highest BCUT2D eigenvalue weighted by Gasteiger charge is 2.17. The third-order valence-corrected chi connectivity index (χ3v) is 3.94. The number of hydrogen-bond acceptors (Lipinski definition) is 3. The molecule has 0 aromatic heterocycles. The summed E-state index contributed by atoms with van der Waals surface area (Å²) in [6.45, 7) is 0.222. The van der Waals surface area contributed by atoms with Crippen molar-refractivity contribution in [2.75, 3.05) is 25.5 Å². The van der Waals surface area contributed by atoms with Crippen LogP contribution in [0.1, 0.15) is 37.4 Å². The Labute approximate surface area is 126 Å². The Morgan fingerprint density at radius 3 is 2.48 bits per heavy atom. The van der Waals surface area contributed by atoms with Gasteiger partial charge >= 0.3 is 6.03 Å². The highest BCUT2D eigenvalue weighted by Crippen LogP contribution is 2.18. The Bertz CT molecular complexity index is 453. The van der Waals surface area contributed by atoms with Crippen LogP contribution in [0, 0.1) is 0 Å². The lowest BCUT2D eigenvalue weighted by atomic mass is 10.1. The number of benzene rings is 1. The summed E-state index contributed by atoms with van der Waals surface area (Å²) >= 11 is 0. The number of aliphatic hydroxyl groups excluding tert-OH is 1. The van der Waals surface area contributed by atoms with E-state index in [1.54, 1.807) is 0 Å². The molecule has 3 N–H and O–H groups in total. The summed E-state index contributed by atoms with van der Waals surface area (Å²) in [7, 11) is 3.95. The zero-order valence-corrected chi connectivity index (χ0v) is 12.8.